The summed E-state index contributed by atoms with van der Waals surface area (Å²) in [5.74, 6) is -0.919. The molecule has 2 heterocycles. The Labute approximate surface area is 231 Å². The first-order chi connectivity index (χ1) is 18.5. The van der Waals surface area contributed by atoms with Crippen molar-refractivity contribution in [1.82, 2.24) is 9.97 Å². The SMILES string of the molecule is CC(C)(C)[Si](C)(C)OCc1cc(C(F)(F)F)ncc1-c1ccc(C2(C(=O)Nc3ccc(F)cc3)CC(F)C2)nc1. The number of nitrogens with zero attached hydrogens (tertiary/aromatic N) is 2. The largest absolute Gasteiger partial charge is 0.433 e. The first-order valence-electron chi connectivity index (χ1n) is 12.9. The van der Waals surface area contributed by atoms with E-state index in [0.717, 1.165) is 12.3 Å². The van der Waals surface area contributed by atoms with Gasteiger partial charge in [-0.1, -0.05) is 26.8 Å². The van der Waals surface area contributed by atoms with Crippen LogP contribution in [-0.2, 0) is 27.4 Å². The summed E-state index contributed by atoms with van der Waals surface area (Å²) in [6.45, 7) is 10.1. The van der Waals surface area contributed by atoms with Gasteiger partial charge in [0.15, 0.2) is 8.32 Å². The zero-order valence-electron chi connectivity index (χ0n) is 23.0. The van der Waals surface area contributed by atoms with Crippen molar-refractivity contribution in [2.75, 3.05) is 5.32 Å². The normalized spacial score (nSPS) is 19.7. The Morgan fingerprint density at radius 1 is 1.05 bits per heavy atom. The van der Waals surface area contributed by atoms with E-state index < -0.39 is 43.5 Å². The van der Waals surface area contributed by atoms with Gasteiger partial charge in [0.25, 0.3) is 0 Å². The van der Waals surface area contributed by atoms with Crippen molar-refractivity contribution in [3.8, 4) is 11.1 Å². The van der Waals surface area contributed by atoms with Crippen LogP contribution in [0.1, 0.15) is 50.6 Å². The number of hydrogen-bond acceptors (Lipinski definition) is 4. The molecule has 4 rings (SSSR count). The summed E-state index contributed by atoms with van der Waals surface area (Å²) in [5.41, 5.74) is -0.307. The lowest BCUT2D eigenvalue weighted by Gasteiger charge is -2.42. The van der Waals surface area contributed by atoms with Gasteiger partial charge in [-0.15, -0.1) is 0 Å². The highest BCUT2D eigenvalue weighted by Gasteiger charge is 2.53. The molecule has 3 aromatic rings. The molecule has 1 amide bonds. The second kappa shape index (κ2) is 10.7. The average molecular weight is 578 g/mol. The molecule has 0 unspecified atom stereocenters. The van der Waals surface area contributed by atoms with Gasteiger partial charge in [0.05, 0.1) is 17.7 Å². The van der Waals surface area contributed by atoms with Gasteiger partial charge in [-0.3, -0.25) is 14.8 Å². The second-order valence-electron chi connectivity index (χ2n) is 11.8. The van der Waals surface area contributed by atoms with Crippen molar-refractivity contribution in [2.24, 2.45) is 0 Å². The van der Waals surface area contributed by atoms with Gasteiger partial charge in [-0.05, 0) is 72.9 Å². The Balaban J connectivity index is 1.64. The topological polar surface area (TPSA) is 64.1 Å². The van der Waals surface area contributed by atoms with Crippen LogP contribution in [0.2, 0.25) is 18.1 Å². The lowest BCUT2D eigenvalue weighted by atomic mass is 9.64. The van der Waals surface area contributed by atoms with Gasteiger partial charge in [-0.25, -0.2) is 8.78 Å². The van der Waals surface area contributed by atoms with Crippen molar-refractivity contribution in [2.45, 2.75) is 76.1 Å². The highest BCUT2D eigenvalue weighted by molar-refractivity contribution is 6.74. The quantitative estimate of drug-likeness (QED) is 0.230. The van der Waals surface area contributed by atoms with E-state index in [1.54, 1.807) is 12.1 Å². The predicted octanol–water partition coefficient (Wildman–Crippen LogP) is 7.83. The molecule has 0 radical (unpaired) electrons. The molecule has 40 heavy (non-hydrogen) atoms. The molecule has 11 heteroatoms. The molecule has 1 fully saturated rings. The Morgan fingerprint density at radius 3 is 2.23 bits per heavy atom. The molecule has 1 saturated carbocycles. The molecule has 0 atom stereocenters. The third-order valence-electron chi connectivity index (χ3n) is 7.92. The fourth-order valence-electron chi connectivity index (χ4n) is 4.33. The number of alkyl halides is 4. The fourth-order valence-corrected chi connectivity index (χ4v) is 5.28. The molecule has 0 bridgehead atoms. The van der Waals surface area contributed by atoms with Crippen LogP contribution in [0.4, 0.5) is 27.6 Å². The molecule has 214 valence electrons. The van der Waals surface area contributed by atoms with Crippen LogP contribution in [0.5, 0.6) is 0 Å². The zero-order valence-corrected chi connectivity index (χ0v) is 24.0. The van der Waals surface area contributed by atoms with Crippen LogP contribution in [0.25, 0.3) is 11.1 Å². The summed E-state index contributed by atoms with van der Waals surface area (Å²) in [6.07, 6.45) is -3.34. The van der Waals surface area contributed by atoms with E-state index in [9.17, 15) is 26.7 Å². The smallest absolute Gasteiger partial charge is 0.413 e. The van der Waals surface area contributed by atoms with E-state index in [1.807, 2.05) is 33.9 Å². The summed E-state index contributed by atoms with van der Waals surface area (Å²) in [6, 6.07) is 9.45. The van der Waals surface area contributed by atoms with Gasteiger partial charge in [0.1, 0.15) is 17.7 Å². The zero-order chi connectivity index (χ0) is 29.5. The van der Waals surface area contributed by atoms with Gasteiger partial charge in [0.2, 0.25) is 5.91 Å². The van der Waals surface area contributed by atoms with Crippen molar-refractivity contribution < 1.29 is 31.2 Å². The number of benzene rings is 1. The van der Waals surface area contributed by atoms with Crippen LogP contribution >= 0.6 is 0 Å². The summed E-state index contributed by atoms with van der Waals surface area (Å²) in [5, 5.41) is 2.57. The predicted molar refractivity (Wildman–Crippen MR) is 145 cm³/mol. The maximum absolute atomic E-state index is 14.1. The molecular weight excluding hydrogens is 545 g/mol. The molecule has 0 saturated heterocycles. The summed E-state index contributed by atoms with van der Waals surface area (Å²) >= 11 is 0. The van der Waals surface area contributed by atoms with E-state index in [-0.39, 0.29) is 24.5 Å². The number of halogens is 5. The fraction of sp³-hybridized carbons (Fsp3) is 0.414. The highest BCUT2D eigenvalue weighted by atomic mass is 28.4. The van der Waals surface area contributed by atoms with Crippen molar-refractivity contribution in [3.63, 3.8) is 0 Å². The van der Waals surface area contributed by atoms with Crippen molar-refractivity contribution >= 4 is 19.9 Å². The molecule has 1 aromatic carbocycles. The molecule has 0 aliphatic heterocycles. The Hall–Kier alpha value is -3.18. The summed E-state index contributed by atoms with van der Waals surface area (Å²) in [7, 11) is -2.28. The van der Waals surface area contributed by atoms with E-state index >= 15 is 0 Å². The minimum Gasteiger partial charge on any atom is -0.413 e. The minimum atomic E-state index is -4.62. The van der Waals surface area contributed by atoms with E-state index in [1.165, 1.54) is 30.5 Å². The van der Waals surface area contributed by atoms with Crippen molar-refractivity contribution in [3.05, 3.63) is 77.6 Å². The maximum atomic E-state index is 14.1. The van der Waals surface area contributed by atoms with Gasteiger partial charge >= 0.3 is 6.18 Å². The lowest BCUT2D eigenvalue weighted by Crippen LogP contribution is -2.52. The molecule has 0 spiro atoms. The molecule has 2 aromatic heterocycles. The van der Waals surface area contributed by atoms with E-state index in [2.05, 4.69) is 15.3 Å². The third kappa shape index (κ3) is 6.10. The van der Waals surface area contributed by atoms with Gasteiger partial charge < -0.3 is 9.74 Å². The van der Waals surface area contributed by atoms with Gasteiger partial charge in [-0.2, -0.15) is 13.2 Å². The number of anilines is 1. The van der Waals surface area contributed by atoms with Gasteiger partial charge in [0, 0.05) is 29.2 Å². The number of hydrogen-bond donors (Lipinski definition) is 1. The number of aromatic nitrogens is 2. The number of carbonyl (C=O) groups is 1. The van der Waals surface area contributed by atoms with E-state index in [4.69, 9.17) is 4.43 Å². The lowest BCUT2D eigenvalue weighted by molar-refractivity contribution is -0.141. The van der Waals surface area contributed by atoms with Crippen LogP contribution in [0, 0.1) is 5.82 Å². The molecule has 1 N–H and O–H groups in total. The first kappa shape index (κ1) is 29.8. The summed E-state index contributed by atoms with van der Waals surface area (Å²) in [4.78, 5) is 21.3. The molecule has 5 nitrogen and oxygen atoms in total. The van der Waals surface area contributed by atoms with Crippen LogP contribution in [0.15, 0.2) is 54.9 Å². The third-order valence-corrected chi connectivity index (χ3v) is 12.4. The van der Waals surface area contributed by atoms with Crippen LogP contribution in [0.3, 0.4) is 0 Å². The Morgan fingerprint density at radius 2 is 1.70 bits per heavy atom. The Bertz CT molecular complexity index is 1360. The standard InChI is InChI=1S/C29H32F5N3O2Si/c1-27(2,3)40(4,5)39-17-19-12-25(29(32,33)34)36-16-23(19)18-6-11-24(35-15-18)28(13-21(31)14-28)26(38)37-22-9-7-20(30)8-10-22/h6-12,15-16,21H,13-14,17H2,1-5H3,(H,37,38). The number of nitrogens with one attached hydrogen (secondary N) is 1. The minimum absolute atomic E-state index is 0.0350. The number of carbonyl (C=O) groups excluding carboxylic acids is 1. The molecule has 1 aliphatic carbocycles. The molecular formula is C29H32F5N3O2Si. The van der Waals surface area contributed by atoms with Crippen molar-refractivity contribution in [1.29, 1.82) is 0 Å². The summed E-state index contributed by atoms with van der Waals surface area (Å²) < 4.78 is 74.0. The average Bonchev–Trinajstić information content (AvgIpc) is 2.85. The number of rotatable bonds is 7. The van der Waals surface area contributed by atoms with E-state index in [0.29, 0.717) is 28.1 Å². The van der Waals surface area contributed by atoms with Crippen LogP contribution in [-0.4, -0.2) is 30.4 Å². The maximum Gasteiger partial charge on any atom is 0.433 e. The first-order valence-corrected chi connectivity index (χ1v) is 15.8. The monoisotopic (exact) mass is 577 g/mol. The number of pyridine rings is 2. The molecule has 1 aliphatic rings. The second-order valence-corrected chi connectivity index (χ2v) is 16.6. The number of amides is 1. The highest BCUT2D eigenvalue weighted by Crippen LogP contribution is 2.46. The Kier molecular flexibility index (Phi) is 7.94. The van der Waals surface area contributed by atoms with Crippen LogP contribution < -0.4 is 5.32 Å².